The second-order valence-electron chi connectivity index (χ2n) is 16.3. The van der Waals surface area contributed by atoms with Crippen molar-refractivity contribution >= 4 is 11.9 Å². The number of rotatable bonds is 45. The minimum Gasteiger partial charge on any atom is -0.462 e. The summed E-state index contributed by atoms with van der Waals surface area (Å²) in [6.45, 7) is 7.41. The van der Waals surface area contributed by atoms with Crippen LogP contribution in [-0.2, 0) is 23.8 Å². The first kappa shape index (κ1) is 58.6. The van der Waals surface area contributed by atoms with E-state index in [0.717, 1.165) is 128 Å². The van der Waals surface area contributed by atoms with Crippen molar-refractivity contribution in [3.8, 4) is 0 Å². The van der Waals surface area contributed by atoms with Crippen molar-refractivity contribution in [3.05, 3.63) is 109 Å². The van der Waals surface area contributed by atoms with Gasteiger partial charge in [0.15, 0.2) is 6.10 Å². The van der Waals surface area contributed by atoms with Gasteiger partial charge in [-0.1, -0.05) is 194 Å². The lowest BCUT2D eigenvalue weighted by Crippen LogP contribution is -2.30. The van der Waals surface area contributed by atoms with Crippen molar-refractivity contribution in [1.29, 1.82) is 0 Å². The molecule has 5 nitrogen and oxygen atoms in total. The Labute approximate surface area is 383 Å². The zero-order chi connectivity index (χ0) is 44.9. The van der Waals surface area contributed by atoms with Crippen LogP contribution in [0, 0.1) is 0 Å². The molecular weight excluding hydrogens is 765 g/mol. The third-order valence-electron chi connectivity index (χ3n) is 10.3. The number of carbonyl (C=O) groups excluding carboxylic acids is 2. The molecule has 352 valence electrons. The summed E-state index contributed by atoms with van der Waals surface area (Å²) >= 11 is 0. The second-order valence-corrected chi connectivity index (χ2v) is 16.3. The quantitative estimate of drug-likeness (QED) is 0.0347. The fraction of sp³-hybridized carbons (Fsp3) is 0.649. The van der Waals surface area contributed by atoms with Gasteiger partial charge in [0.05, 0.1) is 6.61 Å². The largest absolute Gasteiger partial charge is 0.462 e. The number of allylic oxidation sites excluding steroid dienone is 18. The minimum atomic E-state index is -0.568. The Morgan fingerprint density at radius 2 is 0.677 bits per heavy atom. The molecule has 0 aromatic carbocycles. The van der Waals surface area contributed by atoms with Gasteiger partial charge in [-0.05, 0) is 116 Å². The SMILES string of the molecule is CC/C=C\C/C=C\C/C=C\CCCCCCCCCC(=O)OCC(COCCCCCC/C=C\C/C=C\C/C=C\CC)OC(=O)CCCCCCC/C=C\C/C=C\C/C=C\CC. The normalized spacial score (nSPS) is 13.1. The summed E-state index contributed by atoms with van der Waals surface area (Å²) < 4.78 is 17.4. The third kappa shape index (κ3) is 49.2. The number of carbonyl (C=O) groups is 2. The minimum absolute atomic E-state index is 0.0573. The molecule has 0 N–H and O–H groups in total. The zero-order valence-corrected chi connectivity index (χ0v) is 40.3. The van der Waals surface area contributed by atoms with Gasteiger partial charge in [0.1, 0.15) is 6.61 Å². The molecule has 0 saturated heterocycles. The predicted octanol–water partition coefficient (Wildman–Crippen LogP) is 17.2. The Morgan fingerprint density at radius 3 is 1.08 bits per heavy atom. The topological polar surface area (TPSA) is 61.8 Å². The van der Waals surface area contributed by atoms with Gasteiger partial charge in [-0.3, -0.25) is 9.59 Å². The van der Waals surface area contributed by atoms with Crippen LogP contribution in [0.3, 0.4) is 0 Å². The molecule has 1 atom stereocenters. The van der Waals surface area contributed by atoms with Gasteiger partial charge >= 0.3 is 11.9 Å². The Bertz CT molecular complexity index is 1250. The van der Waals surface area contributed by atoms with Gasteiger partial charge in [-0.15, -0.1) is 0 Å². The maximum atomic E-state index is 12.8. The molecular formula is C57H94O5. The average molecular weight is 859 g/mol. The van der Waals surface area contributed by atoms with E-state index in [-0.39, 0.29) is 25.2 Å². The van der Waals surface area contributed by atoms with Crippen LogP contribution in [0.2, 0.25) is 0 Å². The first-order valence-electron chi connectivity index (χ1n) is 25.4. The molecule has 0 aromatic heterocycles. The molecule has 62 heavy (non-hydrogen) atoms. The molecule has 0 rings (SSSR count). The van der Waals surface area contributed by atoms with Crippen LogP contribution in [0.4, 0.5) is 0 Å². The van der Waals surface area contributed by atoms with Gasteiger partial charge < -0.3 is 14.2 Å². The molecule has 1 unspecified atom stereocenters. The summed E-state index contributed by atoms with van der Waals surface area (Å²) in [4.78, 5) is 25.4. The maximum absolute atomic E-state index is 12.8. The molecule has 0 heterocycles. The average Bonchev–Trinajstić information content (AvgIpc) is 3.27. The molecule has 5 heteroatoms. The first-order valence-corrected chi connectivity index (χ1v) is 25.4. The van der Waals surface area contributed by atoms with E-state index >= 15 is 0 Å². The molecule has 0 aromatic rings. The highest BCUT2D eigenvalue weighted by Gasteiger charge is 2.17. The van der Waals surface area contributed by atoms with Crippen LogP contribution in [0.1, 0.15) is 213 Å². The van der Waals surface area contributed by atoms with Gasteiger partial charge in [0.2, 0.25) is 0 Å². The van der Waals surface area contributed by atoms with E-state index in [0.29, 0.717) is 19.4 Å². The highest BCUT2D eigenvalue weighted by molar-refractivity contribution is 5.70. The first-order chi connectivity index (χ1) is 30.6. The van der Waals surface area contributed by atoms with Gasteiger partial charge in [-0.2, -0.15) is 0 Å². The number of ether oxygens (including phenoxy) is 3. The molecule has 0 bridgehead atoms. The van der Waals surface area contributed by atoms with Gasteiger partial charge in [0, 0.05) is 19.4 Å². The van der Waals surface area contributed by atoms with Gasteiger partial charge in [-0.25, -0.2) is 0 Å². The summed E-state index contributed by atoms with van der Waals surface area (Å²) in [5.74, 6) is -0.447. The van der Waals surface area contributed by atoms with Crippen LogP contribution in [0.15, 0.2) is 109 Å². The smallest absolute Gasteiger partial charge is 0.306 e. The number of unbranched alkanes of at least 4 members (excludes halogenated alkanes) is 16. The third-order valence-corrected chi connectivity index (χ3v) is 10.3. The van der Waals surface area contributed by atoms with Crippen LogP contribution >= 0.6 is 0 Å². The Hall–Kier alpha value is -3.44. The molecule has 0 fully saturated rings. The summed E-state index contributed by atoms with van der Waals surface area (Å²) in [7, 11) is 0. The van der Waals surface area contributed by atoms with Crippen LogP contribution < -0.4 is 0 Å². The highest BCUT2D eigenvalue weighted by atomic mass is 16.6. The van der Waals surface area contributed by atoms with Crippen LogP contribution in [-0.4, -0.2) is 37.9 Å². The molecule has 0 saturated carbocycles. The maximum Gasteiger partial charge on any atom is 0.306 e. The lowest BCUT2D eigenvalue weighted by atomic mass is 10.1. The molecule has 0 aliphatic rings. The van der Waals surface area contributed by atoms with E-state index in [4.69, 9.17) is 14.2 Å². The van der Waals surface area contributed by atoms with E-state index in [2.05, 4.69) is 130 Å². The van der Waals surface area contributed by atoms with Crippen molar-refractivity contribution in [2.75, 3.05) is 19.8 Å². The second kappa shape index (κ2) is 51.9. The Balaban J connectivity index is 4.36. The van der Waals surface area contributed by atoms with E-state index in [9.17, 15) is 9.59 Å². The molecule has 0 aliphatic heterocycles. The standard InChI is InChI=1S/C57H94O5/c1-4-7-10-13-16-19-22-25-28-29-31-32-35-38-41-44-47-50-56(58)61-54-55(53-60-52-49-46-43-40-37-34-27-24-21-18-15-12-9-6-3)62-57(59)51-48-45-42-39-36-33-30-26-23-20-17-14-11-8-5-2/h7-12,16-21,25-28,30,34,55H,4-6,13-15,22-24,29,31-33,35-54H2,1-3H3/b10-7-,11-8-,12-9-,19-16-,20-17-,21-18-,28-25-,30-26-,34-27-. The van der Waals surface area contributed by atoms with E-state index < -0.39 is 6.10 Å². The summed E-state index contributed by atoms with van der Waals surface area (Å²) in [5, 5.41) is 0. The summed E-state index contributed by atoms with van der Waals surface area (Å²) in [6, 6.07) is 0. The Morgan fingerprint density at radius 1 is 0.355 bits per heavy atom. The number of esters is 2. The zero-order valence-electron chi connectivity index (χ0n) is 40.3. The van der Waals surface area contributed by atoms with Crippen molar-refractivity contribution in [2.24, 2.45) is 0 Å². The lowest BCUT2D eigenvalue weighted by molar-refractivity contribution is -0.163. The van der Waals surface area contributed by atoms with Crippen molar-refractivity contribution < 1.29 is 23.8 Å². The van der Waals surface area contributed by atoms with Crippen LogP contribution in [0.25, 0.3) is 0 Å². The fourth-order valence-electron chi connectivity index (χ4n) is 6.61. The fourth-order valence-corrected chi connectivity index (χ4v) is 6.61. The lowest BCUT2D eigenvalue weighted by Gasteiger charge is -2.18. The summed E-state index contributed by atoms with van der Waals surface area (Å²) in [6.07, 6.45) is 70.9. The van der Waals surface area contributed by atoms with Crippen molar-refractivity contribution in [2.45, 2.75) is 219 Å². The summed E-state index contributed by atoms with van der Waals surface area (Å²) in [5.41, 5.74) is 0. The molecule has 0 aliphatic carbocycles. The number of hydrogen-bond donors (Lipinski definition) is 0. The molecule has 0 radical (unpaired) electrons. The van der Waals surface area contributed by atoms with Crippen molar-refractivity contribution in [1.82, 2.24) is 0 Å². The van der Waals surface area contributed by atoms with Gasteiger partial charge in [0.25, 0.3) is 0 Å². The monoisotopic (exact) mass is 859 g/mol. The number of hydrogen-bond acceptors (Lipinski definition) is 5. The highest BCUT2D eigenvalue weighted by Crippen LogP contribution is 2.13. The van der Waals surface area contributed by atoms with E-state index in [1.54, 1.807) is 0 Å². The van der Waals surface area contributed by atoms with Crippen molar-refractivity contribution in [3.63, 3.8) is 0 Å². The molecule has 0 spiro atoms. The predicted molar refractivity (Wildman–Crippen MR) is 269 cm³/mol. The van der Waals surface area contributed by atoms with E-state index in [1.165, 1.54) is 51.4 Å². The molecule has 0 amide bonds. The van der Waals surface area contributed by atoms with E-state index in [1.807, 2.05) is 0 Å². The Kier molecular flexibility index (Phi) is 49.0. The van der Waals surface area contributed by atoms with Crippen LogP contribution in [0.5, 0.6) is 0 Å².